The smallest absolute Gasteiger partial charge is 0.0647 e. The molecule has 0 heterocycles. The summed E-state index contributed by atoms with van der Waals surface area (Å²) >= 11 is 0. The molecule has 118 valence electrons. The maximum absolute atomic E-state index is 10.4. The Balaban J connectivity index is -0.000000204. The summed E-state index contributed by atoms with van der Waals surface area (Å²) < 4.78 is 0. The molecule has 4 heteroatoms. The predicted molar refractivity (Wildman–Crippen MR) is 79.8 cm³/mol. The van der Waals surface area contributed by atoms with E-state index in [2.05, 4.69) is 20.8 Å². The van der Waals surface area contributed by atoms with Crippen LogP contribution in [0.3, 0.4) is 0 Å². The van der Waals surface area contributed by atoms with Crippen molar-refractivity contribution in [1.82, 2.24) is 0 Å². The molecule has 0 aliphatic rings. The van der Waals surface area contributed by atoms with Crippen molar-refractivity contribution in [2.45, 2.75) is 84.2 Å². The predicted octanol–water partition coefficient (Wildman–Crippen LogP) is 3.50. The van der Waals surface area contributed by atoms with Crippen molar-refractivity contribution < 1.29 is 37.0 Å². The third kappa shape index (κ3) is 21.1. The summed E-state index contributed by atoms with van der Waals surface area (Å²) in [6, 6.07) is 0. The van der Waals surface area contributed by atoms with E-state index >= 15 is 0 Å². The van der Waals surface area contributed by atoms with E-state index in [0.717, 1.165) is 33.5 Å². The SMILES string of the molecule is CCCCC(O)(CCCC)CCCC.CO.CO.[Ti]. The molecular formula is C15H36O3Ti. The van der Waals surface area contributed by atoms with Crippen LogP contribution in [0.25, 0.3) is 0 Å². The molecule has 0 aromatic heterocycles. The molecule has 0 fully saturated rings. The standard InChI is InChI=1S/C13H28O.2CH4O.Ti/c1-4-7-10-13(14,11-8-5-2)12-9-6-3;2*1-2;/h14H,4-12H2,1-3H3;2*2H,1H3;. The van der Waals surface area contributed by atoms with E-state index in [-0.39, 0.29) is 27.3 Å². The van der Waals surface area contributed by atoms with E-state index in [1.807, 2.05) is 0 Å². The Labute approximate surface area is 135 Å². The molecule has 0 aliphatic heterocycles. The van der Waals surface area contributed by atoms with E-state index in [4.69, 9.17) is 10.2 Å². The van der Waals surface area contributed by atoms with Gasteiger partial charge in [-0.3, -0.25) is 0 Å². The number of aliphatic hydroxyl groups is 3. The molecule has 0 spiro atoms. The molecule has 0 unspecified atom stereocenters. The molecule has 19 heavy (non-hydrogen) atoms. The number of unbranched alkanes of at least 4 members (excludes halogenated alkanes) is 3. The molecule has 0 aromatic carbocycles. The molecule has 3 nitrogen and oxygen atoms in total. The van der Waals surface area contributed by atoms with Gasteiger partial charge in [0.05, 0.1) is 5.60 Å². The zero-order valence-electron chi connectivity index (χ0n) is 13.7. The van der Waals surface area contributed by atoms with Crippen LogP contribution in [0.2, 0.25) is 0 Å². The fourth-order valence-corrected chi connectivity index (χ4v) is 1.89. The Hall–Kier alpha value is 0.594. The van der Waals surface area contributed by atoms with Gasteiger partial charge < -0.3 is 15.3 Å². The molecule has 0 aromatic rings. The molecule has 0 bridgehead atoms. The van der Waals surface area contributed by atoms with Crippen LogP contribution >= 0.6 is 0 Å². The summed E-state index contributed by atoms with van der Waals surface area (Å²) in [7, 11) is 2.00. The van der Waals surface area contributed by atoms with Gasteiger partial charge >= 0.3 is 0 Å². The van der Waals surface area contributed by atoms with Crippen molar-refractivity contribution in [2.24, 2.45) is 0 Å². The molecule has 0 saturated heterocycles. The minimum absolute atomic E-state index is 0. The fraction of sp³-hybridized carbons (Fsp3) is 1.00. The molecule has 0 saturated carbocycles. The Morgan fingerprint density at radius 2 is 0.842 bits per heavy atom. The van der Waals surface area contributed by atoms with Crippen LogP contribution in [0, 0.1) is 0 Å². The van der Waals surface area contributed by atoms with E-state index in [9.17, 15) is 5.11 Å². The largest absolute Gasteiger partial charge is 0.400 e. The summed E-state index contributed by atoms with van der Waals surface area (Å²) in [5.41, 5.74) is -0.345. The van der Waals surface area contributed by atoms with Crippen LogP contribution in [-0.4, -0.2) is 35.1 Å². The minimum Gasteiger partial charge on any atom is -0.400 e. The normalized spacial score (nSPS) is 9.47. The number of hydrogen-bond acceptors (Lipinski definition) is 3. The molecular weight excluding hydrogens is 276 g/mol. The van der Waals surface area contributed by atoms with Gasteiger partial charge in [-0.15, -0.1) is 0 Å². The molecule has 0 rings (SSSR count). The van der Waals surface area contributed by atoms with E-state index in [1.165, 1.54) is 38.5 Å². The van der Waals surface area contributed by atoms with Gasteiger partial charge in [-0.25, -0.2) is 0 Å². The first kappa shape index (κ1) is 27.9. The Bertz CT molecular complexity index is 111. The van der Waals surface area contributed by atoms with Gasteiger partial charge in [-0.05, 0) is 19.3 Å². The zero-order valence-corrected chi connectivity index (χ0v) is 15.3. The first-order chi connectivity index (χ1) is 8.68. The second-order valence-corrected chi connectivity index (χ2v) is 4.54. The molecule has 0 radical (unpaired) electrons. The number of rotatable bonds is 9. The van der Waals surface area contributed by atoms with Crippen molar-refractivity contribution in [2.75, 3.05) is 14.2 Å². The maximum Gasteiger partial charge on any atom is 0.0647 e. The minimum atomic E-state index is -0.345. The second-order valence-electron chi connectivity index (χ2n) is 4.54. The van der Waals surface area contributed by atoms with Crippen molar-refractivity contribution >= 4 is 0 Å². The third-order valence-corrected chi connectivity index (χ3v) is 2.99. The first-order valence-electron chi connectivity index (χ1n) is 7.30. The number of hydrogen-bond donors (Lipinski definition) is 3. The van der Waals surface area contributed by atoms with Crippen LogP contribution in [0.4, 0.5) is 0 Å². The molecule has 0 amide bonds. The molecule has 3 N–H and O–H groups in total. The summed E-state index contributed by atoms with van der Waals surface area (Å²) in [6.45, 7) is 6.58. The van der Waals surface area contributed by atoms with Crippen molar-refractivity contribution in [3.8, 4) is 0 Å². The van der Waals surface area contributed by atoms with Gasteiger partial charge in [0, 0.05) is 35.9 Å². The average Bonchev–Trinajstić information content (AvgIpc) is 2.45. The maximum atomic E-state index is 10.4. The van der Waals surface area contributed by atoms with Crippen molar-refractivity contribution in [1.29, 1.82) is 0 Å². The van der Waals surface area contributed by atoms with E-state index < -0.39 is 0 Å². The van der Waals surface area contributed by atoms with Crippen LogP contribution in [0.5, 0.6) is 0 Å². The summed E-state index contributed by atoms with van der Waals surface area (Å²) in [6.07, 6.45) is 10.1. The van der Waals surface area contributed by atoms with Gasteiger partial charge in [0.1, 0.15) is 0 Å². The Morgan fingerprint density at radius 1 is 0.632 bits per heavy atom. The van der Waals surface area contributed by atoms with Crippen LogP contribution < -0.4 is 0 Å². The van der Waals surface area contributed by atoms with Crippen molar-refractivity contribution in [3.05, 3.63) is 0 Å². The van der Waals surface area contributed by atoms with Crippen molar-refractivity contribution in [3.63, 3.8) is 0 Å². The summed E-state index contributed by atoms with van der Waals surface area (Å²) in [4.78, 5) is 0. The number of aliphatic hydroxyl groups excluding tert-OH is 2. The van der Waals surface area contributed by atoms with E-state index in [0.29, 0.717) is 0 Å². The van der Waals surface area contributed by atoms with Gasteiger partial charge in [0.2, 0.25) is 0 Å². The second kappa shape index (κ2) is 23.7. The van der Waals surface area contributed by atoms with Crippen LogP contribution in [0.1, 0.15) is 78.6 Å². The van der Waals surface area contributed by atoms with E-state index in [1.54, 1.807) is 0 Å². The monoisotopic (exact) mass is 312 g/mol. The first-order valence-corrected chi connectivity index (χ1v) is 7.30. The topological polar surface area (TPSA) is 60.7 Å². The molecule has 0 aliphatic carbocycles. The summed E-state index contributed by atoms with van der Waals surface area (Å²) in [5.74, 6) is 0. The van der Waals surface area contributed by atoms with Gasteiger partial charge in [0.15, 0.2) is 0 Å². The van der Waals surface area contributed by atoms with Crippen LogP contribution in [0.15, 0.2) is 0 Å². The third-order valence-electron chi connectivity index (χ3n) is 2.99. The average molecular weight is 312 g/mol. The van der Waals surface area contributed by atoms with Crippen LogP contribution in [-0.2, 0) is 21.7 Å². The quantitative estimate of drug-likeness (QED) is 0.571. The zero-order chi connectivity index (χ0) is 14.9. The Morgan fingerprint density at radius 3 is 1.00 bits per heavy atom. The molecule has 0 atom stereocenters. The summed E-state index contributed by atoms with van der Waals surface area (Å²) in [5, 5.41) is 24.4. The van der Waals surface area contributed by atoms with Gasteiger partial charge in [-0.1, -0.05) is 59.3 Å². The van der Waals surface area contributed by atoms with Gasteiger partial charge in [-0.2, -0.15) is 0 Å². The van der Waals surface area contributed by atoms with Gasteiger partial charge in [0.25, 0.3) is 0 Å². The fourth-order valence-electron chi connectivity index (χ4n) is 1.89. The Kier molecular flexibility index (Phi) is 34.7.